The molecule has 1 atom stereocenters. The van der Waals surface area contributed by atoms with Gasteiger partial charge in [-0.25, -0.2) is 0 Å². The van der Waals surface area contributed by atoms with Crippen LogP contribution in [0.1, 0.15) is 31.4 Å². The summed E-state index contributed by atoms with van der Waals surface area (Å²) in [5.41, 5.74) is 7.50. The van der Waals surface area contributed by atoms with E-state index in [0.29, 0.717) is 24.4 Å². The molecule has 0 saturated carbocycles. The van der Waals surface area contributed by atoms with Crippen molar-refractivity contribution < 1.29 is 4.79 Å². The lowest BCUT2D eigenvalue weighted by Gasteiger charge is -2.22. The average molecular weight is 259 g/mol. The Bertz CT molecular complexity index is 459. The smallest absolute Gasteiger partial charge is 0.239 e. The number of carbonyl (C=O) groups excluding carboxylic acids is 1. The van der Waals surface area contributed by atoms with Gasteiger partial charge in [0.05, 0.1) is 17.7 Å². The van der Waals surface area contributed by atoms with Crippen LogP contribution in [-0.4, -0.2) is 23.9 Å². The Morgan fingerprint density at radius 2 is 1.95 bits per heavy atom. The Morgan fingerprint density at radius 1 is 1.37 bits per heavy atom. The molecule has 0 heterocycles. The molecule has 0 bridgehead atoms. The standard InChI is InChI=1S/C15H21N3O/c1-11(2)8-14(17)15(19)18(3)10-13-6-4-12(9-16)5-7-13/h4-7,11,14H,8,10,17H2,1-3H3. The second-order valence-electron chi connectivity index (χ2n) is 5.24. The molecule has 4 heteroatoms. The van der Waals surface area contributed by atoms with Crippen molar-refractivity contribution in [3.63, 3.8) is 0 Å². The van der Waals surface area contributed by atoms with E-state index in [1.54, 1.807) is 24.1 Å². The second kappa shape index (κ2) is 6.91. The molecule has 4 nitrogen and oxygen atoms in total. The van der Waals surface area contributed by atoms with Gasteiger partial charge in [0.1, 0.15) is 0 Å². The van der Waals surface area contributed by atoms with E-state index in [9.17, 15) is 4.79 Å². The highest BCUT2D eigenvalue weighted by atomic mass is 16.2. The fraction of sp³-hybridized carbons (Fsp3) is 0.467. The van der Waals surface area contributed by atoms with Crippen molar-refractivity contribution in [3.8, 4) is 6.07 Å². The predicted molar refractivity (Wildman–Crippen MR) is 75.1 cm³/mol. The van der Waals surface area contributed by atoms with Gasteiger partial charge in [-0.3, -0.25) is 4.79 Å². The minimum atomic E-state index is -0.441. The third-order valence-electron chi connectivity index (χ3n) is 2.92. The van der Waals surface area contributed by atoms with E-state index in [-0.39, 0.29) is 5.91 Å². The summed E-state index contributed by atoms with van der Waals surface area (Å²) in [6.07, 6.45) is 0.691. The molecule has 0 radical (unpaired) electrons. The van der Waals surface area contributed by atoms with E-state index in [1.165, 1.54) is 0 Å². The number of nitrogens with two attached hydrogens (primary N) is 1. The molecular formula is C15H21N3O. The number of benzene rings is 1. The summed E-state index contributed by atoms with van der Waals surface area (Å²) in [6, 6.07) is 8.85. The number of likely N-dealkylation sites (N-methyl/N-ethyl adjacent to an activating group) is 1. The average Bonchev–Trinajstić information content (AvgIpc) is 2.37. The lowest BCUT2D eigenvalue weighted by molar-refractivity contribution is -0.132. The third kappa shape index (κ3) is 4.72. The Hall–Kier alpha value is -1.86. The minimum Gasteiger partial charge on any atom is -0.340 e. The normalized spacial score (nSPS) is 12.0. The third-order valence-corrected chi connectivity index (χ3v) is 2.92. The van der Waals surface area contributed by atoms with Crippen molar-refractivity contribution in [2.75, 3.05) is 7.05 Å². The Kier molecular flexibility index (Phi) is 5.53. The van der Waals surface area contributed by atoms with Gasteiger partial charge in [-0.1, -0.05) is 26.0 Å². The van der Waals surface area contributed by atoms with E-state index in [4.69, 9.17) is 11.0 Å². The summed E-state index contributed by atoms with van der Waals surface area (Å²) in [7, 11) is 1.75. The quantitative estimate of drug-likeness (QED) is 0.877. The number of amides is 1. The van der Waals surface area contributed by atoms with Crippen LogP contribution in [-0.2, 0) is 11.3 Å². The largest absolute Gasteiger partial charge is 0.340 e. The molecule has 1 unspecified atom stereocenters. The van der Waals surface area contributed by atoms with Crippen LogP contribution in [0.3, 0.4) is 0 Å². The Balaban J connectivity index is 2.60. The van der Waals surface area contributed by atoms with Gasteiger partial charge in [-0.05, 0) is 30.0 Å². The van der Waals surface area contributed by atoms with E-state index < -0.39 is 6.04 Å². The zero-order chi connectivity index (χ0) is 14.4. The molecule has 0 saturated heterocycles. The lowest BCUT2D eigenvalue weighted by atomic mass is 10.0. The highest BCUT2D eigenvalue weighted by Gasteiger charge is 2.19. The van der Waals surface area contributed by atoms with Crippen molar-refractivity contribution >= 4 is 5.91 Å². The number of carbonyl (C=O) groups is 1. The molecule has 1 aromatic rings. The molecular weight excluding hydrogens is 238 g/mol. The summed E-state index contributed by atoms with van der Waals surface area (Å²) in [6.45, 7) is 4.61. The minimum absolute atomic E-state index is 0.0435. The van der Waals surface area contributed by atoms with Gasteiger partial charge in [0.15, 0.2) is 0 Å². The van der Waals surface area contributed by atoms with Gasteiger partial charge < -0.3 is 10.6 Å². The first-order valence-corrected chi connectivity index (χ1v) is 6.43. The predicted octanol–water partition coefficient (Wildman–Crippen LogP) is 1.89. The van der Waals surface area contributed by atoms with Crippen LogP contribution in [0.5, 0.6) is 0 Å². The van der Waals surface area contributed by atoms with Gasteiger partial charge >= 0.3 is 0 Å². The first kappa shape index (κ1) is 15.2. The fourth-order valence-electron chi connectivity index (χ4n) is 1.93. The van der Waals surface area contributed by atoms with Crippen molar-refractivity contribution in [2.24, 2.45) is 11.7 Å². The van der Waals surface area contributed by atoms with E-state index in [2.05, 4.69) is 6.07 Å². The molecule has 0 aromatic heterocycles. The summed E-state index contributed by atoms with van der Waals surface area (Å²) >= 11 is 0. The zero-order valence-electron chi connectivity index (χ0n) is 11.8. The van der Waals surface area contributed by atoms with E-state index in [0.717, 1.165) is 5.56 Å². The molecule has 1 amide bonds. The fourth-order valence-corrected chi connectivity index (χ4v) is 1.93. The summed E-state index contributed by atoms with van der Waals surface area (Å²) in [5, 5.41) is 8.72. The summed E-state index contributed by atoms with van der Waals surface area (Å²) in [5.74, 6) is 0.361. The van der Waals surface area contributed by atoms with Crippen molar-refractivity contribution in [1.29, 1.82) is 5.26 Å². The number of hydrogen-bond donors (Lipinski definition) is 1. The van der Waals surface area contributed by atoms with Crippen LogP contribution < -0.4 is 5.73 Å². The van der Waals surface area contributed by atoms with Crippen LogP contribution in [0.4, 0.5) is 0 Å². The van der Waals surface area contributed by atoms with Crippen LogP contribution in [0.15, 0.2) is 24.3 Å². The molecule has 0 fully saturated rings. The maximum Gasteiger partial charge on any atom is 0.239 e. The maximum atomic E-state index is 12.1. The van der Waals surface area contributed by atoms with Gasteiger partial charge in [0.2, 0.25) is 5.91 Å². The summed E-state index contributed by atoms with van der Waals surface area (Å²) < 4.78 is 0. The topological polar surface area (TPSA) is 70.1 Å². The van der Waals surface area contributed by atoms with Gasteiger partial charge in [0, 0.05) is 13.6 Å². The van der Waals surface area contributed by atoms with Crippen molar-refractivity contribution in [1.82, 2.24) is 4.90 Å². The highest BCUT2D eigenvalue weighted by molar-refractivity contribution is 5.81. The van der Waals surface area contributed by atoms with E-state index >= 15 is 0 Å². The Labute approximate surface area is 114 Å². The van der Waals surface area contributed by atoms with Crippen LogP contribution >= 0.6 is 0 Å². The van der Waals surface area contributed by atoms with Gasteiger partial charge in [0.25, 0.3) is 0 Å². The molecule has 102 valence electrons. The maximum absolute atomic E-state index is 12.1. The van der Waals surface area contributed by atoms with Crippen molar-refractivity contribution in [3.05, 3.63) is 35.4 Å². The van der Waals surface area contributed by atoms with Crippen LogP contribution in [0, 0.1) is 17.2 Å². The summed E-state index contributed by atoms with van der Waals surface area (Å²) in [4.78, 5) is 13.7. The molecule has 2 N–H and O–H groups in total. The molecule has 0 aliphatic heterocycles. The monoisotopic (exact) mass is 259 g/mol. The number of nitriles is 1. The molecule has 0 aliphatic carbocycles. The lowest BCUT2D eigenvalue weighted by Crippen LogP contribution is -2.42. The Morgan fingerprint density at radius 3 is 2.42 bits per heavy atom. The molecule has 0 spiro atoms. The first-order chi connectivity index (χ1) is 8.93. The van der Waals surface area contributed by atoms with Crippen LogP contribution in [0.25, 0.3) is 0 Å². The first-order valence-electron chi connectivity index (χ1n) is 6.43. The number of hydrogen-bond acceptors (Lipinski definition) is 3. The van der Waals surface area contributed by atoms with Gasteiger partial charge in [-0.15, -0.1) is 0 Å². The zero-order valence-corrected chi connectivity index (χ0v) is 11.8. The second-order valence-corrected chi connectivity index (χ2v) is 5.24. The molecule has 0 aliphatic rings. The molecule has 1 rings (SSSR count). The highest BCUT2D eigenvalue weighted by Crippen LogP contribution is 2.09. The number of nitrogens with zero attached hydrogens (tertiary/aromatic N) is 2. The van der Waals surface area contributed by atoms with Gasteiger partial charge in [-0.2, -0.15) is 5.26 Å². The van der Waals surface area contributed by atoms with Crippen LogP contribution in [0.2, 0.25) is 0 Å². The van der Waals surface area contributed by atoms with Crippen molar-refractivity contribution in [2.45, 2.75) is 32.9 Å². The SMILES string of the molecule is CC(C)CC(N)C(=O)N(C)Cc1ccc(C#N)cc1. The molecule has 1 aromatic carbocycles. The number of rotatable bonds is 5. The molecule has 19 heavy (non-hydrogen) atoms. The van der Waals surface area contributed by atoms with E-state index in [1.807, 2.05) is 26.0 Å².